The summed E-state index contributed by atoms with van der Waals surface area (Å²) in [6, 6.07) is 18.3. The zero-order valence-electron chi connectivity index (χ0n) is 11.4. The standard InChI is InChI=1S/C16H17N3O/c1-20-14-9-7-12(8-10-14)15-11-16(17)18-19(15)13-5-3-2-4-6-13/h2-10,15H,11H2,1H3,(H2,17,18)/t15-/m0/s1. The van der Waals surface area contributed by atoms with Crippen LogP contribution in [0.2, 0.25) is 0 Å². The second kappa shape index (κ2) is 5.25. The van der Waals surface area contributed by atoms with E-state index in [4.69, 9.17) is 10.5 Å². The fraction of sp³-hybridized carbons (Fsp3) is 0.188. The predicted octanol–water partition coefficient (Wildman–Crippen LogP) is 2.92. The van der Waals surface area contributed by atoms with Gasteiger partial charge in [0.25, 0.3) is 0 Å². The van der Waals surface area contributed by atoms with Crippen molar-refractivity contribution in [3.8, 4) is 5.75 Å². The van der Waals surface area contributed by atoms with Crippen LogP contribution >= 0.6 is 0 Å². The molecule has 2 N–H and O–H groups in total. The smallest absolute Gasteiger partial charge is 0.122 e. The van der Waals surface area contributed by atoms with Gasteiger partial charge < -0.3 is 10.5 Å². The first-order valence-corrected chi connectivity index (χ1v) is 6.59. The molecule has 4 heteroatoms. The largest absolute Gasteiger partial charge is 0.497 e. The Balaban J connectivity index is 1.92. The van der Waals surface area contributed by atoms with Gasteiger partial charge >= 0.3 is 0 Å². The summed E-state index contributed by atoms with van der Waals surface area (Å²) in [7, 11) is 1.67. The summed E-state index contributed by atoms with van der Waals surface area (Å²) in [5.74, 6) is 1.52. The Morgan fingerprint density at radius 1 is 1.10 bits per heavy atom. The molecule has 4 nitrogen and oxygen atoms in total. The second-order valence-electron chi connectivity index (χ2n) is 4.76. The Morgan fingerprint density at radius 3 is 2.45 bits per heavy atom. The molecule has 0 unspecified atom stereocenters. The number of ether oxygens (including phenoxy) is 1. The molecular weight excluding hydrogens is 250 g/mol. The Hall–Kier alpha value is -2.49. The minimum absolute atomic E-state index is 0.142. The highest BCUT2D eigenvalue weighted by Crippen LogP contribution is 2.34. The van der Waals surface area contributed by atoms with E-state index in [1.54, 1.807) is 7.11 Å². The fourth-order valence-corrected chi connectivity index (χ4v) is 2.44. The molecule has 0 aromatic heterocycles. The minimum atomic E-state index is 0.142. The average molecular weight is 267 g/mol. The summed E-state index contributed by atoms with van der Waals surface area (Å²) < 4.78 is 5.20. The number of amidine groups is 1. The lowest BCUT2D eigenvalue weighted by Gasteiger charge is -2.23. The van der Waals surface area contributed by atoms with Gasteiger partial charge in [0.1, 0.15) is 11.6 Å². The summed E-state index contributed by atoms with van der Waals surface area (Å²) in [6.45, 7) is 0. The molecule has 0 bridgehead atoms. The number of nitrogens with two attached hydrogens (primary N) is 1. The Kier molecular flexibility index (Phi) is 3.29. The lowest BCUT2D eigenvalue weighted by Crippen LogP contribution is -2.18. The van der Waals surface area contributed by atoms with Crippen LogP contribution in [0.15, 0.2) is 59.7 Å². The lowest BCUT2D eigenvalue weighted by molar-refractivity contribution is 0.414. The zero-order chi connectivity index (χ0) is 13.9. The van der Waals surface area contributed by atoms with E-state index in [-0.39, 0.29) is 6.04 Å². The maximum absolute atomic E-state index is 5.93. The first kappa shape index (κ1) is 12.5. The topological polar surface area (TPSA) is 50.9 Å². The summed E-state index contributed by atoms with van der Waals surface area (Å²) in [5, 5.41) is 6.44. The van der Waals surface area contributed by atoms with Crippen LogP contribution in [0.3, 0.4) is 0 Å². The van der Waals surface area contributed by atoms with Gasteiger partial charge in [-0.2, -0.15) is 5.10 Å². The Morgan fingerprint density at radius 2 is 1.80 bits per heavy atom. The van der Waals surface area contributed by atoms with Crippen LogP contribution in [-0.2, 0) is 0 Å². The molecule has 1 aliphatic rings. The number of hydrogen-bond acceptors (Lipinski definition) is 4. The van der Waals surface area contributed by atoms with Crippen molar-refractivity contribution in [2.24, 2.45) is 10.8 Å². The number of hydrazone groups is 1. The first-order valence-electron chi connectivity index (χ1n) is 6.59. The Bertz CT molecular complexity index is 607. The van der Waals surface area contributed by atoms with Crippen molar-refractivity contribution in [2.75, 3.05) is 12.1 Å². The number of anilines is 1. The molecule has 0 saturated carbocycles. The molecule has 0 saturated heterocycles. The van der Waals surface area contributed by atoms with Crippen LogP contribution in [0.5, 0.6) is 5.75 Å². The molecule has 0 amide bonds. The van der Waals surface area contributed by atoms with Crippen LogP contribution in [-0.4, -0.2) is 12.9 Å². The van der Waals surface area contributed by atoms with Crippen molar-refractivity contribution in [3.05, 3.63) is 60.2 Å². The van der Waals surface area contributed by atoms with E-state index < -0.39 is 0 Å². The van der Waals surface area contributed by atoms with Gasteiger partial charge in [0.05, 0.1) is 18.8 Å². The number of rotatable bonds is 3. The molecule has 20 heavy (non-hydrogen) atoms. The van der Waals surface area contributed by atoms with Gasteiger partial charge in [-0.3, -0.25) is 5.01 Å². The van der Waals surface area contributed by atoms with Crippen LogP contribution in [0, 0.1) is 0 Å². The van der Waals surface area contributed by atoms with Gasteiger partial charge in [-0.25, -0.2) is 0 Å². The number of hydrogen-bond donors (Lipinski definition) is 1. The molecule has 0 fully saturated rings. The molecule has 0 aliphatic carbocycles. The summed E-state index contributed by atoms with van der Waals surface area (Å²) >= 11 is 0. The molecule has 0 radical (unpaired) electrons. The van der Waals surface area contributed by atoms with Crippen molar-refractivity contribution < 1.29 is 4.74 Å². The SMILES string of the molecule is COc1ccc([C@@H]2CC(N)=NN2c2ccccc2)cc1. The molecule has 2 aromatic rings. The van der Waals surface area contributed by atoms with Gasteiger partial charge in [0.15, 0.2) is 0 Å². The number of para-hydroxylation sites is 1. The molecule has 102 valence electrons. The molecule has 1 atom stereocenters. The first-order chi connectivity index (χ1) is 9.78. The van der Waals surface area contributed by atoms with E-state index in [9.17, 15) is 0 Å². The van der Waals surface area contributed by atoms with Gasteiger partial charge in [-0.05, 0) is 29.8 Å². The maximum Gasteiger partial charge on any atom is 0.122 e. The number of benzene rings is 2. The fourth-order valence-electron chi connectivity index (χ4n) is 2.44. The molecule has 3 rings (SSSR count). The van der Waals surface area contributed by atoms with Crippen LogP contribution in [0.1, 0.15) is 18.0 Å². The van der Waals surface area contributed by atoms with Crippen LogP contribution in [0.4, 0.5) is 5.69 Å². The average Bonchev–Trinajstić information content (AvgIpc) is 2.90. The zero-order valence-corrected chi connectivity index (χ0v) is 11.4. The second-order valence-corrected chi connectivity index (χ2v) is 4.76. The molecule has 0 spiro atoms. The highest BCUT2D eigenvalue weighted by Gasteiger charge is 2.27. The molecule has 2 aromatic carbocycles. The maximum atomic E-state index is 5.93. The third-order valence-corrected chi connectivity index (χ3v) is 3.46. The molecular formula is C16H17N3O. The quantitative estimate of drug-likeness (QED) is 0.930. The van der Waals surface area contributed by atoms with Crippen molar-refractivity contribution in [3.63, 3.8) is 0 Å². The van der Waals surface area contributed by atoms with E-state index in [0.717, 1.165) is 17.9 Å². The van der Waals surface area contributed by atoms with Crippen molar-refractivity contribution in [2.45, 2.75) is 12.5 Å². The highest BCUT2D eigenvalue weighted by molar-refractivity contribution is 5.85. The van der Waals surface area contributed by atoms with E-state index >= 15 is 0 Å². The van der Waals surface area contributed by atoms with Crippen molar-refractivity contribution in [1.82, 2.24) is 0 Å². The van der Waals surface area contributed by atoms with E-state index in [1.165, 1.54) is 5.56 Å². The lowest BCUT2D eigenvalue weighted by atomic mass is 10.0. The van der Waals surface area contributed by atoms with Crippen LogP contribution < -0.4 is 15.5 Å². The normalized spacial score (nSPS) is 17.9. The van der Waals surface area contributed by atoms with Crippen molar-refractivity contribution >= 4 is 11.5 Å². The molecule has 1 aliphatic heterocycles. The number of nitrogens with zero attached hydrogens (tertiary/aromatic N) is 2. The summed E-state index contributed by atoms with van der Waals surface area (Å²) in [5.41, 5.74) is 8.16. The number of methoxy groups -OCH3 is 1. The van der Waals surface area contributed by atoms with Gasteiger partial charge in [0.2, 0.25) is 0 Å². The predicted molar refractivity (Wildman–Crippen MR) is 80.9 cm³/mol. The van der Waals surface area contributed by atoms with Gasteiger partial charge in [-0.1, -0.05) is 30.3 Å². The van der Waals surface area contributed by atoms with Gasteiger partial charge in [0, 0.05) is 6.42 Å². The summed E-state index contributed by atoms with van der Waals surface area (Å²) in [4.78, 5) is 0. The molecule has 1 heterocycles. The van der Waals surface area contributed by atoms with E-state index in [0.29, 0.717) is 5.84 Å². The van der Waals surface area contributed by atoms with Crippen LogP contribution in [0.25, 0.3) is 0 Å². The third kappa shape index (κ3) is 2.32. The minimum Gasteiger partial charge on any atom is -0.497 e. The summed E-state index contributed by atoms with van der Waals surface area (Å²) in [6.07, 6.45) is 0.737. The van der Waals surface area contributed by atoms with Gasteiger partial charge in [-0.15, -0.1) is 0 Å². The third-order valence-electron chi connectivity index (χ3n) is 3.46. The highest BCUT2D eigenvalue weighted by atomic mass is 16.5. The monoisotopic (exact) mass is 267 g/mol. The van der Waals surface area contributed by atoms with E-state index in [1.807, 2.05) is 47.5 Å². The Labute approximate surface area is 118 Å². The van der Waals surface area contributed by atoms with Crippen molar-refractivity contribution in [1.29, 1.82) is 0 Å². The van der Waals surface area contributed by atoms with E-state index in [2.05, 4.69) is 17.2 Å².